The van der Waals surface area contributed by atoms with Crippen LogP contribution in [0.3, 0.4) is 0 Å². The van der Waals surface area contributed by atoms with Crippen molar-refractivity contribution in [2.24, 2.45) is 5.92 Å². The van der Waals surface area contributed by atoms with Crippen LogP contribution in [0.2, 0.25) is 4.68 Å². The number of nitrogens with one attached hydrogen (secondary N) is 1. The van der Waals surface area contributed by atoms with E-state index in [0.29, 0.717) is 5.92 Å². The summed E-state index contributed by atoms with van der Waals surface area (Å²) in [5, 5.41) is 1.67. The molecule has 0 amide bonds. The van der Waals surface area contributed by atoms with Gasteiger partial charge in [-0.1, -0.05) is 60.7 Å². The van der Waals surface area contributed by atoms with Gasteiger partial charge in [-0.2, -0.15) is 0 Å². The fourth-order valence-corrected chi connectivity index (χ4v) is 42.1. The van der Waals surface area contributed by atoms with E-state index in [-0.39, 0.29) is 6.71 Å². The first kappa shape index (κ1) is 27.2. The van der Waals surface area contributed by atoms with Gasteiger partial charge in [0.15, 0.2) is 0 Å². The molecule has 2 aliphatic carbocycles. The molecule has 3 aromatic carbocycles. The molecule has 2 aliphatic rings. The Morgan fingerprint density at radius 1 is 0.694 bits per heavy atom. The molecule has 5 rings (SSSR count). The molecule has 0 aromatic heterocycles. The van der Waals surface area contributed by atoms with Crippen molar-refractivity contribution in [3.63, 3.8) is 0 Å². The van der Waals surface area contributed by atoms with Gasteiger partial charge in [-0.3, -0.25) is 0 Å². The third kappa shape index (κ3) is 6.54. The Labute approximate surface area is 225 Å². The summed E-state index contributed by atoms with van der Waals surface area (Å²) in [6.07, 6.45) is 5.67. The van der Waals surface area contributed by atoms with E-state index in [1.54, 1.807) is 21.9 Å². The molecule has 2 atom stereocenters. The summed E-state index contributed by atoms with van der Waals surface area (Å²) < 4.78 is 9.01. The molecular formula is C33H43HfNSi. The fraction of sp³-hybridized carbons (Fsp3) is 0.333. The second-order valence-corrected chi connectivity index (χ2v) is 40.0. The number of rotatable bonds is 6. The molecule has 0 saturated heterocycles. The van der Waals surface area contributed by atoms with Gasteiger partial charge in [0.25, 0.3) is 0 Å². The number of hydrogen-bond acceptors (Lipinski definition) is 1. The smallest absolute Gasteiger partial charge is 0.0184 e. The van der Waals surface area contributed by atoms with Crippen LogP contribution in [-0.4, -0.2) is 12.7 Å². The Kier molecular flexibility index (Phi) is 9.55. The van der Waals surface area contributed by atoms with Crippen LogP contribution in [0, 0.1) is 5.92 Å². The van der Waals surface area contributed by atoms with Gasteiger partial charge in [-0.25, -0.2) is 0 Å². The van der Waals surface area contributed by atoms with Gasteiger partial charge < -0.3 is 0 Å². The van der Waals surface area contributed by atoms with Crippen LogP contribution in [0.4, 0.5) is 0 Å². The quantitative estimate of drug-likeness (QED) is 0.268. The van der Waals surface area contributed by atoms with Crippen molar-refractivity contribution in [3.05, 3.63) is 111 Å². The summed E-state index contributed by atoms with van der Waals surface area (Å²) in [7, 11) is 0. The Balaban J connectivity index is 0.000000211. The molecule has 1 N–H and O–H groups in total. The fourth-order valence-electron chi connectivity index (χ4n) is 6.27. The molecule has 0 radical (unpaired) electrons. The molecule has 0 bridgehead atoms. The largest absolute Gasteiger partial charge is 0.0622 e. The minimum absolute atomic E-state index is 0.239. The minimum Gasteiger partial charge on any atom is -0.0622 e. The van der Waals surface area contributed by atoms with E-state index in [2.05, 4.69) is 115 Å². The average molecular weight is 660 g/mol. The Morgan fingerprint density at radius 3 is 1.61 bits per heavy atom. The van der Waals surface area contributed by atoms with Crippen LogP contribution >= 0.6 is 0 Å². The van der Waals surface area contributed by atoms with Crippen molar-refractivity contribution in [2.75, 3.05) is 0 Å². The van der Waals surface area contributed by atoms with Gasteiger partial charge >= 0.3 is 155 Å². The number of allylic oxidation sites excluding steroid dienone is 4. The van der Waals surface area contributed by atoms with E-state index in [4.69, 9.17) is 0 Å². The van der Waals surface area contributed by atoms with Crippen molar-refractivity contribution in [2.45, 2.75) is 64.1 Å². The number of benzene rings is 3. The van der Waals surface area contributed by atoms with Crippen LogP contribution in [0.25, 0.3) is 11.1 Å². The first-order chi connectivity index (χ1) is 17.4. The molecule has 36 heavy (non-hydrogen) atoms. The van der Waals surface area contributed by atoms with Gasteiger partial charge in [0.05, 0.1) is 0 Å². The summed E-state index contributed by atoms with van der Waals surface area (Å²) in [5.74, 6) is 0.682. The van der Waals surface area contributed by atoms with E-state index in [1.807, 2.05) is 15.5 Å². The second kappa shape index (κ2) is 12.6. The van der Waals surface area contributed by atoms with Crippen molar-refractivity contribution >= 4 is 11.9 Å². The average Bonchev–Trinajstić information content (AvgIpc) is 3.48. The molecule has 3 aromatic rings. The van der Waals surface area contributed by atoms with Gasteiger partial charge in [-0.05, 0) is 11.1 Å². The van der Waals surface area contributed by atoms with E-state index in [0.717, 1.165) is 6.04 Å². The maximum absolute atomic E-state index is 4.38. The molecular weight excluding hydrogens is 617 g/mol. The molecule has 0 aliphatic heterocycles. The van der Waals surface area contributed by atoms with Crippen molar-refractivity contribution in [3.8, 4) is 11.1 Å². The van der Waals surface area contributed by atoms with Gasteiger partial charge in [0, 0.05) is 0 Å². The maximum Gasteiger partial charge on any atom is -0.0184 e. The molecule has 188 valence electrons. The Bertz CT molecular complexity index is 1140. The first-order valence-corrected chi connectivity index (χ1v) is 29.9. The molecule has 0 heterocycles. The normalized spacial score (nSPS) is 20.1. The van der Waals surface area contributed by atoms with Crippen LogP contribution in [0.5, 0.6) is 0 Å². The van der Waals surface area contributed by atoms with E-state index < -0.39 is 19.4 Å². The zero-order valence-corrected chi connectivity index (χ0v) is 27.9. The zero-order chi connectivity index (χ0) is 25.5. The van der Waals surface area contributed by atoms with Crippen molar-refractivity contribution in [1.82, 2.24) is 3.30 Å². The molecule has 3 heteroatoms. The minimum atomic E-state index is -2.68. The van der Waals surface area contributed by atoms with Crippen molar-refractivity contribution < 1.29 is 19.4 Å². The van der Waals surface area contributed by atoms with Crippen LogP contribution < -0.4 is 8.49 Å². The predicted molar refractivity (Wildman–Crippen MR) is 158 cm³/mol. The third-order valence-electron chi connectivity index (χ3n) is 8.39. The molecule has 2 unspecified atom stereocenters. The van der Waals surface area contributed by atoms with Crippen LogP contribution in [0.15, 0.2) is 111 Å². The maximum atomic E-state index is 4.38. The third-order valence-corrected chi connectivity index (χ3v) is 37.7. The monoisotopic (exact) mass is 661 g/mol. The zero-order valence-electron chi connectivity index (χ0n) is 22.9. The molecule has 1 saturated carbocycles. The molecule has 1 nitrogen and oxygen atoms in total. The summed E-state index contributed by atoms with van der Waals surface area (Å²) in [6, 6.07) is 33.0. The Hall–Kier alpha value is -1.81. The van der Waals surface area contributed by atoms with Crippen molar-refractivity contribution in [1.29, 1.82) is 0 Å². The summed E-state index contributed by atoms with van der Waals surface area (Å²) in [4.78, 5) is 0. The second-order valence-electron chi connectivity index (χ2n) is 10.9. The van der Waals surface area contributed by atoms with Gasteiger partial charge in [0.1, 0.15) is 0 Å². The standard InChI is InChI=1S/C12H10.C9H13.C6H7Si.C5H10N.CH3.Hf/c1-3-7-11(8-4-1)12-9-5-2-6-10-12;1-6-5-7(2)9(4)8(6)3;7-6-4-2-1-3-5-6;6-5-3-1-2-4-5;;/h1-10H;6H,1-4H3;1-5H,7H2;5-6H,1-4H2;1H3;/q;;;-1;;+1. The molecule has 1 fully saturated rings. The predicted octanol–water partition coefficient (Wildman–Crippen LogP) is 7.66. The summed E-state index contributed by atoms with van der Waals surface area (Å²) in [5.41, 5.74) is 7.41. The number of hydrogen-bond donors (Lipinski definition) is 1. The summed E-state index contributed by atoms with van der Waals surface area (Å²) in [6.45, 7) is 9.35. The van der Waals surface area contributed by atoms with Gasteiger partial charge in [-0.15, -0.1) is 0 Å². The molecule has 0 spiro atoms. The van der Waals surface area contributed by atoms with E-state index >= 15 is 0 Å². The Morgan fingerprint density at radius 2 is 1.17 bits per heavy atom. The first-order valence-electron chi connectivity index (χ1n) is 13.7. The van der Waals surface area contributed by atoms with Crippen LogP contribution in [-0.2, 0) is 19.4 Å². The van der Waals surface area contributed by atoms with E-state index in [1.165, 1.54) is 36.8 Å². The van der Waals surface area contributed by atoms with E-state index in [9.17, 15) is 0 Å². The summed E-state index contributed by atoms with van der Waals surface area (Å²) >= 11 is -2.68. The van der Waals surface area contributed by atoms with Gasteiger partial charge in [0.2, 0.25) is 0 Å². The topological polar surface area (TPSA) is 12.0 Å². The van der Waals surface area contributed by atoms with Crippen LogP contribution in [0.1, 0.15) is 53.4 Å². The SMILES string of the molecule is CC1=C(C)C(C)[C]([Hf]([CH3])([NH]C2CCCC2)[SiH2]c2ccccc2)=C1C.c1ccc(-c2ccccc2)cc1.